The average Bonchev–Trinajstić information content (AvgIpc) is 2.86. The van der Waals surface area contributed by atoms with Crippen molar-refractivity contribution < 1.29 is 13.2 Å². The van der Waals surface area contributed by atoms with Gasteiger partial charge in [0.15, 0.2) is 9.84 Å². The van der Waals surface area contributed by atoms with Crippen LogP contribution >= 0.6 is 11.3 Å². The van der Waals surface area contributed by atoms with E-state index in [-0.39, 0.29) is 11.9 Å². The highest BCUT2D eigenvalue weighted by atomic mass is 32.2. The van der Waals surface area contributed by atoms with Crippen LogP contribution in [0.15, 0.2) is 15.7 Å². The van der Waals surface area contributed by atoms with E-state index in [9.17, 15) is 13.2 Å². The molecule has 6 heteroatoms. The van der Waals surface area contributed by atoms with Crippen molar-refractivity contribution in [2.75, 3.05) is 6.54 Å². The molecule has 0 aromatic carbocycles. The molecule has 0 N–H and O–H groups in total. The molecule has 106 valence electrons. The first kappa shape index (κ1) is 14.5. The van der Waals surface area contributed by atoms with Crippen LogP contribution in [0, 0.1) is 0 Å². The molecule has 0 unspecified atom stereocenters. The number of hydrogen-bond donors (Lipinski definition) is 0. The fraction of sp³-hybridized carbons (Fsp3) is 0.615. The standard InChI is InChI=1S/C13H19NO3S2/c1-4-12(15)14(5-2)11-8-9(3)19(16,17)13-10(11)6-7-18-13/h6-7,9,11H,4-5,8H2,1-3H3/t9-,11-/m0/s1. The Bertz CT molecular complexity index is 576. The van der Waals surface area contributed by atoms with Crippen LogP contribution in [0.5, 0.6) is 0 Å². The van der Waals surface area contributed by atoms with Crippen LogP contribution in [0.1, 0.15) is 45.2 Å². The molecule has 1 aliphatic rings. The zero-order valence-corrected chi connectivity index (χ0v) is 13.1. The lowest BCUT2D eigenvalue weighted by atomic mass is 10.0. The first-order valence-corrected chi connectivity index (χ1v) is 8.96. The van der Waals surface area contributed by atoms with Gasteiger partial charge in [0.1, 0.15) is 4.21 Å². The Labute approximate surface area is 118 Å². The Morgan fingerprint density at radius 3 is 2.74 bits per heavy atom. The Morgan fingerprint density at radius 2 is 2.16 bits per heavy atom. The predicted molar refractivity (Wildman–Crippen MR) is 76.0 cm³/mol. The second kappa shape index (κ2) is 5.25. The fourth-order valence-electron chi connectivity index (χ4n) is 2.60. The number of thiophene rings is 1. The van der Waals surface area contributed by atoms with Gasteiger partial charge in [0.05, 0.1) is 11.3 Å². The second-order valence-corrected chi connectivity index (χ2v) is 8.28. The van der Waals surface area contributed by atoms with E-state index in [4.69, 9.17) is 0 Å². The van der Waals surface area contributed by atoms with Gasteiger partial charge in [0, 0.05) is 18.5 Å². The number of nitrogens with zero attached hydrogens (tertiary/aromatic N) is 1. The van der Waals surface area contributed by atoms with Crippen LogP contribution in [0.3, 0.4) is 0 Å². The van der Waals surface area contributed by atoms with Gasteiger partial charge in [-0.25, -0.2) is 8.42 Å². The quantitative estimate of drug-likeness (QED) is 0.862. The molecule has 2 rings (SSSR count). The van der Waals surface area contributed by atoms with Gasteiger partial charge in [-0.15, -0.1) is 11.3 Å². The minimum atomic E-state index is -3.20. The van der Waals surface area contributed by atoms with E-state index in [0.717, 1.165) is 5.56 Å². The molecule has 0 radical (unpaired) electrons. The highest BCUT2D eigenvalue weighted by Crippen LogP contribution is 2.42. The number of fused-ring (bicyclic) bond motifs is 1. The molecule has 1 aromatic heterocycles. The van der Waals surface area contributed by atoms with E-state index in [1.165, 1.54) is 11.3 Å². The SMILES string of the molecule is CCC(=O)N(CC)[C@H]1C[C@H](C)S(=O)(=O)c2sccc21. The number of rotatable bonds is 3. The van der Waals surface area contributed by atoms with Crippen molar-refractivity contribution in [3.05, 3.63) is 17.0 Å². The normalized spacial score (nSPS) is 24.8. The van der Waals surface area contributed by atoms with Crippen LogP contribution in [0.2, 0.25) is 0 Å². The van der Waals surface area contributed by atoms with Crippen LogP contribution in [0.25, 0.3) is 0 Å². The maximum atomic E-state index is 12.3. The molecule has 1 amide bonds. The largest absolute Gasteiger partial charge is 0.336 e. The summed E-state index contributed by atoms with van der Waals surface area (Å²) in [5, 5.41) is 1.37. The molecular weight excluding hydrogens is 282 g/mol. The molecular formula is C13H19NO3S2. The van der Waals surface area contributed by atoms with Gasteiger partial charge < -0.3 is 4.90 Å². The third-order valence-electron chi connectivity index (χ3n) is 3.70. The summed E-state index contributed by atoms with van der Waals surface area (Å²) in [6.45, 7) is 6.12. The van der Waals surface area contributed by atoms with Crippen LogP contribution < -0.4 is 0 Å². The van der Waals surface area contributed by atoms with E-state index < -0.39 is 15.1 Å². The molecule has 0 bridgehead atoms. The molecule has 0 aliphatic carbocycles. The molecule has 0 fully saturated rings. The molecule has 19 heavy (non-hydrogen) atoms. The Kier molecular flexibility index (Phi) is 4.01. The van der Waals surface area contributed by atoms with E-state index in [1.807, 2.05) is 19.9 Å². The minimum absolute atomic E-state index is 0.0798. The molecule has 4 nitrogen and oxygen atoms in total. The van der Waals surface area contributed by atoms with Gasteiger partial charge in [0.2, 0.25) is 5.91 Å². The lowest BCUT2D eigenvalue weighted by Gasteiger charge is -2.35. The van der Waals surface area contributed by atoms with Crippen molar-refractivity contribution in [2.24, 2.45) is 0 Å². The number of amides is 1. The van der Waals surface area contributed by atoms with Gasteiger partial charge >= 0.3 is 0 Å². The van der Waals surface area contributed by atoms with Crippen LogP contribution in [0.4, 0.5) is 0 Å². The smallest absolute Gasteiger partial charge is 0.222 e. The van der Waals surface area contributed by atoms with E-state index in [2.05, 4.69) is 0 Å². The van der Waals surface area contributed by atoms with Crippen molar-refractivity contribution in [2.45, 2.75) is 49.1 Å². The molecule has 0 saturated heterocycles. The van der Waals surface area contributed by atoms with E-state index >= 15 is 0 Å². The van der Waals surface area contributed by atoms with Gasteiger partial charge in [-0.1, -0.05) is 6.92 Å². The zero-order valence-electron chi connectivity index (χ0n) is 11.4. The average molecular weight is 301 g/mol. The number of carbonyl (C=O) groups is 1. The summed E-state index contributed by atoms with van der Waals surface area (Å²) >= 11 is 1.26. The third-order valence-corrected chi connectivity index (χ3v) is 7.41. The summed E-state index contributed by atoms with van der Waals surface area (Å²) in [7, 11) is -3.20. The number of carbonyl (C=O) groups excluding carboxylic acids is 1. The maximum absolute atomic E-state index is 12.3. The highest BCUT2D eigenvalue weighted by molar-refractivity contribution is 7.94. The van der Waals surface area contributed by atoms with Crippen molar-refractivity contribution in [3.8, 4) is 0 Å². The molecule has 0 saturated carbocycles. The van der Waals surface area contributed by atoms with Gasteiger partial charge in [-0.2, -0.15) is 0 Å². The Hall–Kier alpha value is -0.880. The molecule has 1 aromatic rings. The molecule has 1 aliphatic heterocycles. The highest BCUT2D eigenvalue weighted by Gasteiger charge is 2.40. The van der Waals surface area contributed by atoms with Crippen molar-refractivity contribution >= 4 is 27.1 Å². The molecule has 0 spiro atoms. The Balaban J connectivity index is 2.48. The predicted octanol–water partition coefficient (Wildman–Crippen LogP) is 2.61. The van der Waals surface area contributed by atoms with Crippen molar-refractivity contribution in [3.63, 3.8) is 0 Å². The van der Waals surface area contributed by atoms with Crippen LogP contribution in [-0.4, -0.2) is 31.0 Å². The summed E-state index contributed by atoms with van der Waals surface area (Å²) in [5.74, 6) is 0.0798. The van der Waals surface area contributed by atoms with Crippen molar-refractivity contribution in [1.29, 1.82) is 0 Å². The summed E-state index contributed by atoms with van der Waals surface area (Å²) < 4.78 is 25.0. The minimum Gasteiger partial charge on any atom is -0.336 e. The summed E-state index contributed by atoms with van der Waals surface area (Å²) in [6.07, 6.45) is 0.941. The fourth-order valence-corrected chi connectivity index (χ4v) is 5.81. The summed E-state index contributed by atoms with van der Waals surface area (Å²) in [4.78, 5) is 13.8. The first-order valence-electron chi connectivity index (χ1n) is 6.54. The van der Waals surface area contributed by atoms with Crippen molar-refractivity contribution in [1.82, 2.24) is 4.90 Å². The Morgan fingerprint density at radius 1 is 1.47 bits per heavy atom. The molecule has 2 atom stereocenters. The topological polar surface area (TPSA) is 54.5 Å². The monoisotopic (exact) mass is 301 g/mol. The van der Waals surface area contributed by atoms with Gasteiger partial charge in [-0.05, 0) is 31.7 Å². The van der Waals surface area contributed by atoms with E-state index in [0.29, 0.717) is 23.6 Å². The number of sulfone groups is 1. The van der Waals surface area contributed by atoms with Crippen LogP contribution in [-0.2, 0) is 14.6 Å². The van der Waals surface area contributed by atoms with E-state index in [1.54, 1.807) is 17.2 Å². The van der Waals surface area contributed by atoms with Gasteiger partial charge in [-0.3, -0.25) is 4.79 Å². The zero-order chi connectivity index (χ0) is 14.2. The summed E-state index contributed by atoms with van der Waals surface area (Å²) in [6, 6.07) is 1.75. The first-order chi connectivity index (χ1) is 8.93. The summed E-state index contributed by atoms with van der Waals surface area (Å²) in [5.41, 5.74) is 0.798. The lowest BCUT2D eigenvalue weighted by molar-refractivity contribution is -0.133. The molecule has 2 heterocycles. The lowest BCUT2D eigenvalue weighted by Crippen LogP contribution is -2.39. The van der Waals surface area contributed by atoms with Gasteiger partial charge in [0.25, 0.3) is 0 Å². The second-order valence-electron chi connectivity index (χ2n) is 4.80. The third kappa shape index (κ3) is 2.31. The number of hydrogen-bond acceptors (Lipinski definition) is 4. The maximum Gasteiger partial charge on any atom is 0.222 e.